The van der Waals surface area contributed by atoms with E-state index in [9.17, 15) is 0 Å². The van der Waals surface area contributed by atoms with E-state index >= 15 is 0 Å². The van der Waals surface area contributed by atoms with Gasteiger partial charge >= 0.3 is 233 Å². The van der Waals surface area contributed by atoms with E-state index in [0.717, 1.165) is 0 Å². The van der Waals surface area contributed by atoms with Crippen LogP contribution >= 0.6 is 0 Å². The van der Waals surface area contributed by atoms with Crippen LogP contribution in [0.15, 0.2) is 0 Å². The zero-order valence-electron chi connectivity index (χ0n) is 6.79. The first kappa shape index (κ1) is 30.3. The van der Waals surface area contributed by atoms with Gasteiger partial charge in [0.15, 0.2) is 0 Å². The molecule has 0 aliphatic carbocycles. The minimum atomic E-state index is -2.76. The van der Waals surface area contributed by atoms with E-state index < -0.39 is 14.0 Å². The van der Waals surface area contributed by atoms with Gasteiger partial charge < -0.3 is 20.1 Å². The summed E-state index contributed by atoms with van der Waals surface area (Å²) >= 11 is 0. The van der Waals surface area contributed by atoms with Crippen molar-refractivity contribution >= 4 is 14.0 Å². The summed E-state index contributed by atoms with van der Waals surface area (Å²) in [5.41, 5.74) is 0. The van der Waals surface area contributed by atoms with E-state index in [2.05, 4.69) is 0 Å². The Bertz CT molecular complexity index is 36.2. The second-order valence-corrected chi connectivity index (χ2v) is 0.737. The minimum Gasteiger partial charge on any atom is -0.900 e. The summed E-state index contributed by atoms with van der Waals surface area (Å²) in [6.07, 6.45) is 0. The van der Waals surface area contributed by atoms with E-state index in [0.29, 0.717) is 0 Å². The molecule has 0 amide bonds. The van der Waals surface area contributed by atoms with Crippen LogP contribution in [-0.2, 0) is 0 Å². The van der Waals surface area contributed by atoms with Crippen molar-refractivity contribution in [3.63, 3.8) is 0 Å². The second kappa shape index (κ2) is 21.5. The number of rotatable bonds is 1. The third-order valence-electron chi connectivity index (χ3n) is 0.222. The molecule has 0 aliphatic rings. The van der Waals surface area contributed by atoms with Gasteiger partial charge in [0.25, 0.3) is 0 Å². The molecule has 0 fully saturated rings. The van der Waals surface area contributed by atoms with Gasteiger partial charge in [-0.15, -0.1) is 0 Å². The van der Waals surface area contributed by atoms with E-state index in [4.69, 9.17) is 20.1 Å². The fourth-order valence-electron chi connectivity index (χ4n) is 0. The first-order valence-electron chi connectivity index (χ1n) is 1.28. The molecule has 0 aromatic rings. The van der Waals surface area contributed by atoms with Gasteiger partial charge in [0.2, 0.25) is 0 Å². The number of hydrogen-bond acceptors (Lipinski definition) is 4. The Morgan fingerprint density at radius 1 is 0.500 bits per heavy atom. The van der Waals surface area contributed by atoms with Crippen LogP contribution in [0.2, 0.25) is 0 Å². The van der Waals surface area contributed by atoms with E-state index in [1.54, 1.807) is 0 Å². The molecule has 0 aromatic heterocycles. The zero-order chi connectivity index (χ0) is 5.15. The molecule has 0 radical (unpaired) electrons. The van der Waals surface area contributed by atoms with Gasteiger partial charge in [-0.05, 0) is 0 Å². The Morgan fingerprint density at radius 3 is 0.600 bits per heavy atom. The summed E-state index contributed by atoms with van der Waals surface area (Å²) in [4.78, 5) is 0. The summed E-state index contributed by atoms with van der Waals surface area (Å²) in [6.45, 7) is 0. The molecule has 0 heterocycles. The summed E-state index contributed by atoms with van der Waals surface area (Å²) in [6, 6.07) is 0. The SMILES string of the molecule is [O-]B([O-])B([O-])[O-].[Rb+].[Rb+].[Rb+].[Rb+]. The monoisotopic (exact) mass is 426 g/mol. The van der Waals surface area contributed by atoms with Gasteiger partial charge in [-0.1, -0.05) is 0 Å². The quantitative estimate of drug-likeness (QED) is 0.389. The molecule has 0 rings (SSSR count). The van der Waals surface area contributed by atoms with Crippen LogP contribution < -0.4 is 253 Å². The van der Waals surface area contributed by atoms with Crippen molar-refractivity contribution in [2.75, 3.05) is 0 Å². The average Bonchev–Trinajstić information content (AvgIpc) is 1.36. The molecule has 0 aliphatic heterocycles. The second-order valence-electron chi connectivity index (χ2n) is 0.737. The molecular formula is B2O4Rb4. The largest absolute Gasteiger partial charge is 1.00 e. The zero-order valence-corrected chi connectivity index (χ0v) is 26.5. The van der Waals surface area contributed by atoms with Crippen LogP contribution in [0.25, 0.3) is 0 Å². The van der Waals surface area contributed by atoms with Crippen LogP contribution in [0, 0.1) is 0 Å². The first-order chi connectivity index (χ1) is 2.64. The van der Waals surface area contributed by atoms with Gasteiger partial charge in [-0.3, -0.25) is 0 Å². The first-order valence-corrected chi connectivity index (χ1v) is 1.28. The Morgan fingerprint density at radius 2 is 0.600 bits per heavy atom. The fourth-order valence-corrected chi connectivity index (χ4v) is 0. The van der Waals surface area contributed by atoms with Crippen LogP contribution in [0.3, 0.4) is 0 Å². The molecule has 0 spiro atoms. The molecule has 0 saturated heterocycles. The van der Waals surface area contributed by atoms with Crippen molar-refractivity contribution in [3.8, 4) is 0 Å². The van der Waals surface area contributed by atoms with Crippen molar-refractivity contribution in [1.29, 1.82) is 0 Å². The van der Waals surface area contributed by atoms with Gasteiger partial charge in [-0.25, -0.2) is 14.0 Å². The van der Waals surface area contributed by atoms with E-state index in [-0.39, 0.29) is 233 Å². The van der Waals surface area contributed by atoms with Gasteiger partial charge in [0, 0.05) is 0 Å². The number of hydrogen-bond donors (Lipinski definition) is 0. The molecule has 4 nitrogen and oxygen atoms in total. The maximum atomic E-state index is 9.05. The Labute approximate surface area is 256 Å². The molecule has 0 unspecified atom stereocenters. The Kier molecular flexibility index (Phi) is 65.1. The topological polar surface area (TPSA) is 92.2 Å². The predicted molar refractivity (Wildman–Crippen MR) is 11.5 cm³/mol. The van der Waals surface area contributed by atoms with Gasteiger partial charge in [0.1, 0.15) is 0 Å². The van der Waals surface area contributed by atoms with Crippen molar-refractivity contribution in [3.05, 3.63) is 0 Å². The van der Waals surface area contributed by atoms with Crippen molar-refractivity contribution in [1.82, 2.24) is 0 Å². The molecular weight excluding hydrogens is 427 g/mol. The smallest absolute Gasteiger partial charge is 0.900 e. The summed E-state index contributed by atoms with van der Waals surface area (Å²) in [7, 11) is -5.52. The Balaban J connectivity index is -0.0000000208. The standard InChI is InChI=1S/B2O4.4Rb/c3-1(4)2(5)6;;;;/q-4;4*+1. The molecule has 10 heteroatoms. The van der Waals surface area contributed by atoms with Gasteiger partial charge in [-0.2, -0.15) is 0 Å². The van der Waals surface area contributed by atoms with Crippen molar-refractivity contribution < 1.29 is 253 Å². The van der Waals surface area contributed by atoms with Crippen LogP contribution in [0.5, 0.6) is 0 Å². The molecule has 0 N–H and O–H groups in total. The third-order valence-corrected chi connectivity index (χ3v) is 0.222. The summed E-state index contributed by atoms with van der Waals surface area (Å²) in [5.74, 6) is 0. The summed E-state index contributed by atoms with van der Waals surface area (Å²) in [5, 5.41) is 36.2. The van der Waals surface area contributed by atoms with E-state index in [1.807, 2.05) is 0 Å². The molecule has 0 saturated carbocycles. The maximum absolute atomic E-state index is 9.05. The normalized spacial score (nSPS) is 4.80. The van der Waals surface area contributed by atoms with Crippen molar-refractivity contribution in [2.24, 2.45) is 0 Å². The fraction of sp³-hybridized carbons (Fsp3) is 0. The van der Waals surface area contributed by atoms with Crippen LogP contribution in [0.1, 0.15) is 0 Å². The van der Waals surface area contributed by atoms with Gasteiger partial charge in [0.05, 0.1) is 0 Å². The summed E-state index contributed by atoms with van der Waals surface area (Å²) < 4.78 is 0. The minimum absolute atomic E-state index is 0. The molecule has 0 aromatic carbocycles. The molecule has 0 atom stereocenters. The molecule has 10 heavy (non-hydrogen) atoms. The van der Waals surface area contributed by atoms with Crippen LogP contribution in [-0.4, -0.2) is 14.0 Å². The van der Waals surface area contributed by atoms with E-state index in [1.165, 1.54) is 0 Å². The Hall–Kier alpha value is 7.19. The molecule has 34 valence electrons. The maximum Gasteiger partial charge on any atom is 1.00 e. The average molecular weight is 427 g/mol. The van der Waals surface area contributed by atoms with Crippen LogP contribution in [0.4, 0.5) is 0 Å². The van der Waals surface area contributed by atoms with Crippen molar-refractivity contribution in [2.45, 2.75) is 0 Å². The third kappa shape index (κ3) is 24.4. The predicted octanol–water partition coefficient (Wildman–Crippen LogP) is -17.5. The molecule has 0 bridgehead atoms.